The highest BCUT2D eigenvalue weighted by atomic mass is 35.5. The van der Waals surface area contributed by atoms with Crippen molar-refractivity contribution in [3.63, 3.8) is 0 Å². The Bertz CT molecular complexity index is 1400. The molecule has 0 atom stereocenters. The van der Waals surface area contributed by atoms with Crippen LogP contribution in [0.3, 0.4) is 0 Å². The van der Waals surface area contributed by atoms with Crippen LogP contribution in [0.2, 0.25) is 10.0 Å². The van der Waals surface area contributed by atoms with Gasteiger partial charge in [-0.3, -0.25) is 9.59 Å². The molecule has 6 heteroatoms. The number of ketones is 1. The zero-order valence-electron chi connectivity index (χ0n) is 17.8. The molecule has 4 rings (SSSR count). The van der Waals surface area contributed by atoms with Gasteiger partial charge in [0.15, 0.2) is 23.7 Å². The van der Waals surface area contributed by atoms with Crippen molar-refractivity contribution in [2.45, 2.75) is 20.8 Å². The number of halogens is 2. The lowest BCUT2D eigenvalue weighted by Gasteiger charge is -2.13. The molecule has 162 valence electrons. The molecule has 4 nitrogen and oxygen atoms in total. The van der Waals surface area contributed by atoms with Crippen molar-refractivity contribution >= 4 is 40.0 Å². The Morgan fingerprint density at radius 2 is 1.66 bits per heavy atom. The first-order valence-electron chi connectivity index (χ1n) is 10.0. The molecule has 1 heterocycles. The van der Waals surface area contributed by atoms with Crippen LogP contribution >= 0.6 is 23.2 Å². The van der Waals surface area contributed by atoms with Crippen LogP contribution in [0.15, 0.2) is 63.8 Å². The molecular formula is C26H20Cl2O4. The number of Topliss-reactive ketones (excluding diaryl/α,β-unsaturated/α-hetero) is 1. The van der Waals surface area contributed by atoms with Gasteiger partial charge in [0.1, 0.15) is 0 Å². The molecule has 0 radical (unpaired) electrons. The molecule has 0 saturated carbocycles. The van der Waals surface area contributed by atoms with Crippen LogP contribution in [0.5, 0.6) is 5.75 Å². The number of benzene rings is 3. The number of carbonyl (C=O) groups is 1. The lowest BCUT2D eigenvalue weighted by molar-refractivity contribution is 0.0920. The number of rotatable bonds is 5. The summed E-state index contributed by atoms with van der Waals surface area (Å²) in [5.41, 5.74) is 4.06. The fourth-order valence-electron chi connectivity index (χ4n) is 3.37. The average Bonchev–Trinajstić information content (AvgIpc) is 2.76. The second-order valence-electron chi connectivity index (χ2n) is 7.73. The average molecular weight is 467 g/mol. The van der Waals surface area contributed by atoms with Crippen molar-refractivity contribution in [3.05, 3.63) is 97.1 Å². The molecule has 0 aliphatic carbocycles. The summed E-state index contributed by atoms with van der Waals surface area (Å²) in [6.07, 6.45) is 0. The SMILES string of the molecule is Cc1ccc(-c2oc3c(Cl)cc(Cl)cc3c(=O)c2OCC(=O)c2ccc(C)c(C)c2)cc1. The molecule has 0 fully saturated rings. The molecule has 0 N–H and O–H groups in total. The number of hydrogen-bond donors (Lipinski definition) is 0. The maximum atomic E-state index is 13.3. The quantitative estimate of drug-likeness (QED) is 0.298. The van der Waals surface area contributed by atoms with E-state index in [1.807, 2.05) is 57.2 Å². The summed E-state index contributed by atoms with van der Waals surface area (Å²) in [4.78, 5) is 26.1. The zero-order valence-corrected chi connectivity index (χ0v) is 19.3. The monoisotopic (exact) mass is 466 g/mol. The molecule has 4 aromatic rings. The van der Waals surface area contributed by atoms with Crippen LogP contribution in [0, 0.1) is 20.8 Å². The Labute approximate surface area is 195 Å². The topological polar surface area (TPSA) is 56.5 Å². The zero-order chi connectivity index (χ0) is 23.0. The molecule has 0 spiro atoms. The first-order valence-corrected chi connectivity index (χ1v) is 10.8. The highest BCUT2D eigenvalue weighted by molar-refractivity contribution is 6.38. The molecule has 0 amide bonds. The van der Waals surface area contributed by atoms with Gasteiger partial charge in [-0.15, -0.1) is 0 Å². The highest BCUT2D eigenvalue weighted by Crippen LogP contribution is 2.35. The van der Waals surface area contributed by atoms with Gasteiger partial charge in [0.05, 0.1) is 10.4 Å². The molecule has 0 unspecified atom stereocenters. The van der Waals surface area contributed by atoms with Crippen molar-refractivity contribution in [3.8, 4) is 17.1 Å². The molecular weight excluding hydrogens is 447 g/mol. The Kier molecular flexibility index (Phi) is 6.09. The van der Waals surface area contributed by atoms with E-state index in [2.05, 4.69) is 0 Å². The first-order chi connectivity index (χ1) is 15.2. The lowest BCUT2D eigenvalue weighted by Crippen LogP contribution is -2.17. The minimum Gasteiger partial charge on any atom is -0.478 e. The van der Waals surface area contributed by atoms with E-state index in [4.69, 9.17) is 32.4 Å². The third-order valence-electron chi connectivity index (χ3n) is 5.36. The van der Waals surface area contributed by atoms with Crippen LogP contribution in [-0.4, -0.2) is 12.4 Å². The van der Waals surface area contributed by atoms with Crippen LogP contribution in [-0.2, 0) is 0 Å². The number of aryl methyl sites for hydroxylation is 3. The van der Waals surface area contributed by atoms with Gasteiger partial charge in [-0.1, -0.05) is 65.2 Å². The lowest BCUT2D eigenvalue weighted by atomic mass is 10.0. The van der Waals surface area contributed by atoms with Crippen molar-refractivity contribution in [1.82, 2.24) is 0 Å². The van der Waals surface area contributed by atoms with E-state index in [0.717, 1.165) is 16.7 Å². The standard InChI is InChI=1S/C26H20Cl2O4/c1-14-4-7-17(8-5-14)24-26(23(30)20-11-19(27)12-21(28)25(20)32-24)31-13-22(29)18-9-6-15(2)16(3)10-18/h4-12H,13H2,1-3H3. The molecule has 3 aromatic carbocycles. The molecule has 0 bridgehead atoms. The Morgan fingerprint density at radius 3 is 2.34 bits per heavy atom. The van der Waals surface area contributed by atoms with E-state index in [1.54, 1.807) is 6.07 Å². The van der Waals surface area contributed by atoms with E-state index in [9.17, 15) is 9.59 Å². The molecule has 32 heavy (non-hydrogen) atoms. The fourth-order valence-corrected chi connectivity index (χ4v) is 3.90. The molecule has 1 aromatic heterocycles. The maximum absolute atomic E-state index is 13.3. The second kappa shape index (κ2) is 8.81. The predicted octanol–water partition coefficient (Wildman–Crippen LogP) is 6.95. The summed E-state index contributed by atoms with van der Waals surface area (Å²) in [6, 6.07) is 15.9. The van der Waals surface area contributed by atoms with Crippen molar-refractivity contribution < 1.29 is 13.9 Å². The smallest absolute Gasteiger partial charge is 0.235 e. The van der Waals surface area contributed by atoms with E-state index >= 15 is 0 Å². The van der Waals surface area contributed by atoms with Gasteiger partial charge >= 0.3 is 0 Å². The third kappa shape index (κ3) is 4.29. The summed E-state index contributed by atoms with van der Waals surface area (Å²) in [7, 11) is 0. The number of hydrogen-bond acceptors (Lipinski definition) is 4. The molecule has 0 aliphatic rings. The Morgan fingerprint density at radius 1 is 0.938 bits per heavy atom. The van der Waals surface area contributed by atoms with E-state index < -0.39 is 5.43 Å². The summed E-state index contributed by atoms with van der Waals surface area (Å²) in [5.74, 6) is -0.0944. The minimum absolute atomic E-state index is 0.0585. The van der Waals surface area contributed by atoms with Gasteiger partial charge in [0.2, 0.25) is 11.2 Å². The Hall–Kier alpha value is -3.08. The summed E-state index contributed by atoms with van der Waals surface area (Å²) in [6.45, 7) is 5.56. The molecule has 0 saturated heterocycles. The van der Waals surface area contributed by atoms with Crippen molar-refractivity contribution in [2.75, 3.05) is 6.61 Å². The number of ether oxygens (including phenoxy) is 1. The largest absolute Gasteiger partial charge is 0.478 e. The molecule has 0 aliphatic heterocycles. The van der Waals surface area contributed by atoms with Crippen LogP contribution in [0.4, 0.5) is 0 Å². The van der Waals surface area contributed by atoms with Gasteiger partial charge in [-0.05, 0) is 50.1 Å². The predicted molar refractivity (Wildman–Crippen MR) is 128 cm³/mol. The summed E-state index contributed by atoms with van der Waals surface area (Å²) < 4.78 is 11.8. The summed E-state index contributed by atoms with van der Waals surface area (Å²) in [5, 5.41) is 0.706. The first kappa shape index (κ1) is 22.1. The maximum Gasteiger partial charge on any atom is 0.235 e. The Balaban J connectivity index is 1.81. The van der Waals surface area contributed by atoms with Crippen LogP contribution in [0.25, 0.3) is 22.3 Å². The number of carbonyl (C=O) groups excluding carboxylic acids is 1. The van der Waals surface area contributed by atoms with Crippen molar-refractivity contribution in [1.29, 1.82) is 0 Å². The highest BCUT2D eigenvalue weighted by Gasteiger charge is 2.21. The van der Waals surface area contributed by atoms with Crippen LogP contribution < -0.4 is 10.2 Å². The van der Waals surface area contributed by atoms with Gasteiger partial charge in [-0.25, -0.2) is 0 Å². The number of fused-ring (bicyclic) bond motifs is 1. The van der Waals surface area contributed by atoms with Gasteiger partial charge in [-0.2, -0.15) is 0 Å². The second-order valence-corrected chi connectivity index (χ2v) is 8.57. The normalized spacial score (nSPS) is 11.0. The fraction of sp³-hybridized carbons (Fsp3) is 0.154. The van der Waals surface area contributed by atoms with E-state index in [-0.39, 0.29) is 39.9 Å². The van der Waals surface area contributed by atoms with Gasteiger partial charge in [0, 0.05) is 16.1 Å². The van der Waals surface area contributed by atoms with Crippen molar-refractivity contribution in [2.24, 2.45) is 0 Å². The van der Waals surface area contributed by atoms with Gasteiger partial charge < -0.3 is 9.15 Å². The minimum atomic E-state index is -0.445. The van der Waals surface area contributed by atoms with Gasteiger partial charge in [0.25, 0.3) is 0 Å². The van der Waals surface area contributed by atoms with Crippen LogP contribution in [0.1, 0.15) is 27.0 Å². The van der Waals surface area contributed by atoms with E-state index in [1.165, 1.54) is 12.1 Å². The van der Waals surface area contributed by atoms with E-state index in [0.29, 0.717) is 16.1 Å². The summed E-state index contributed by atoms with van der Waals surface area (Å²) >= 11 is 12.4. The third-order valence-corrected chi connectivity index (χ3v) is 5.86.